The number of urea groups is 1. The third-order valence-corrected chi connectivity index (χ3v) is 3.26. The molecular weight excluding hydrogens is 248 g/mol. The predicted molar refractivity (Wildman–Crippen MR) is 67.5 cm³/mol. The lowest BCUT2D eigenvalue weighted by Crippen LogP contribution is -2.45. The second-order valence-electron chi connectivity index (χ2n) is 4.59. The Morgan fingerprint density at radius 1 is 1.53 bits per heavy atom. The topological polar surface area (TPSA) is 98.3 Å². The number of carboxylic acid groups (broad SMARTS) is 1. The minimum absolute atomic E-state index is 0.000998. The summed E-state index contributed by atoms with van der Waals surface area (Å²) in [6, 6.07) is 1.66. The molecule has 7 heteroatoms. The lowest BCUT2D eigenvalue weighted by Gasteiger charge is -2.35. The van der Waals surface area contributed by atoms with Crippen LogP contribution in [0, 0.1) is 0 Å². The Morgan fingerprint density at radius 3 is 3.05 bits per heavy atom. The highest BCUT2D eigenvalue weighted by Crippen LogP contribution is 2.29. The Labute approximate surface area is 111 Å². The molecule has 0 aromatic carbocycles. The van der Waals surface area contributed by atoms with Crippen LogP contribution in [-0.2, 0) is 4.79 Å². The molecule has 3 N–H and O–H groups in total. The van der Waals surface area contributed by atoms with Crippen molar-refractivity contribution < 1.29 is 14.7 Å². The van der Waals surface area contributed by atoms with Crippen LogP contribution < -0.4 is 5.32 Å². The van der Waals surface area contributed by atoms with Gasteiger partial charge in [0.05, 0.1) is 18.2 Å². The first-order chi connectivity index (χ1) is 9.18. The number of H-pyrrole nitrogens is 1. The Bertz CT molecular complexity index is 432. The molecule has 2 amide bonds. The van der Waals surface area contributed by atoms with Crippen LogP contribution in [0.2, 0.25) is 0 Å². The Morgan fingerprint density at radius 2 is 2.37 bits per heavy atom. The summed E-state index contributed by atoms with van der Waals surface area (Å²) >= 11 is 0. The van der Waals surface area contributed by atoms with Crippen LogP contribution in [0.15, 0.2) is 12.3 Å². The highest BCUT2D eigenvalue weighted by molar-refractivity contribution is 5.75. The number of amides is 2. The monoisotopic (exact) mass is 266 g/mol. The highest BCUT2D eigenvalue weighted by Gasteiger charge is 2.28. The molecule has 0 bridgehead atoms. The van der Waals surface area contributed by atoms with Crippen LogP contribution in [-0.4, -0.2) is 45.3 Å². The van der Waals surface area contributed by atoms with Gasteiger partial charge in [0.25, 0.3) is 0 Å². The quantitative estimate of drug-likeness (QED) is 0.760. The van der Waals surface area contributed by atoms with Crippen molar-refractivity contribution in [3.63, 3.8) is 0 Å². The molecular formula is C12H18N4O3. The number of aliphatic carboxylic acids is 1. The van der Waals surface area contributed by atoms with E-state index in [4.69, 9.17) is 5.11 Å². The smallest absolute Gasteiger partial charge is 0.317 e. The third kappa shape index (κ3) is 3.46. The van der Waals surface area contributed by atoms with Gasteiger partial charge in [0.1, 0.15) is 0 Å². The van der Waals surface area contributed by atoms with E-state index < -0.39 is 5.97 Å². The van der Waals surface area contributed by atoms with Crippen LogP contribution in [0.3, 0.4) is 0 Å². The normalized spacial score (nSPS) is 19.2. The summed E-state index contributed by atoms with van der Waals surface area (Å²) in [4.78, 5) is 24.3. The van der Waals surface area contributed by atoms with E-state index in [-0.39, 0.29) is 25.0 Å². The molecule has 1 unspecified atom stereocenters. The van der Waals surface area contributed by atoms with Crippen LogP contribution in [0.1, 0.15) is 37.4 Å². The average Bonchev–Trinajstić information content (AvgIpc) is 2.92. The molecule has 0 aliphatic carbocycles. The third-order valence-electron chi connectivity index (χ3n) is 3.26. The van der Waals surface area contributed by atoms with E-state index in [2.05, 4.69) is 15.5 Å². The number of carboxylic acids is 1. The summed E-state index contributed by atoms with van der Waals surface area (Å²) < 4.78 is 0. The molecule has 19 heavy (non-hydrogen) atoms. The summed E-state index contributed by atoms with van der Waals surface area (Å²) in [6.07, 6.45) is 4.55. The first-order valence-corrected chi connectivity index (χ1v) is 6.44. The molecule has 7 nitrogen and oxygen atoms in total. The number of likely N-dealkylation sites (tertiary alicyclic amines) is 1. The fourth-order valence-corrected chi connectivity index (χ4v) is 2.33. The van der Waals surface area contributed by atoms with Crippen molar-refractivity contribution in [2.75, 3.05) is 13.1 Å². The molecule has 1 aromatic heterocycles. The first-order valence-electron chi connectivity index (χ1n) is 6.44. The van der Waals surface area contributed by atoms with E-state index in [0.717, 1.165) is 25.0 Å². The Kier molecular flexibility index (Phi) is 4.38. The van der Waals surface area contributed by atoms with Gasteiger partial charge >= 0.3 is 12.0 Å². The standard InChI is InChI=1S/C12H18N4O3/c17-11(18)5-6-13-12(19)16-8-2-1-3-10(16)9-4-7-14-15-9/h4,7,10H,1-3,5-6,8H2,(H,13,19)(H,14,15)(H,17,18). The van der Waals surface area contributed by atoms with Crippen LogP contribution >= 0.6 is 0 Å². The number of hydrogen-bond donors (Lipinski definition) is 3. The number of aromatic nitrogens is 2. The number of rotatable bonds is 4. The maximum Gasteiger partial charge on any atom is 0.317 e. The van der Waals surface area contributed by atoms with E-state index in [1.807, 2.05) is 6.07 Å². The van der Waals surface area contributed by atoms with Gasteiger partial charge in [0.15, 0.2) is 0 Å². The molecule has 1 aliphatic heterocycles. The fourth-order valence-electron chi connectivity index (χ4n) is 2.33. The number of aromatic amines is 1. The van der Waals surface area contributed by atoms with Crippen LogP contribution in [0.4, 0.5) is 4.79 Å². The predicted octanol–water partition coefficient (Wildman–Crippen LogP) is 1.12. The van der Waals surface area contributed by atoms with Crippen molar-refractivity contribution in [3.05, 3.63) is 18.0 Å². The number of nitrogens with one attached hydrogen (secondary N) is 2. The first kappa shape index (κ1) is 13.4. The zero-order chi connectivity index (χ0) is 13.7. The highest BCUT2D eigenvalue weighted by atomic mass is 16.4. The molecule has 1 aliphatic rings. The van der Waals surface area contributed by atoms with Crippen LogP contribution in [0.5, 0.6) is 0 Å². The molecule has 1 atom stereocenters. The van der Waals surface area contributed by atoms with Crippen molar-refractivity contribution in [1.82, 2.24) is 20.4 Å². The number of carbonyl (C=O) groups excluding carboxylic acids is 1. The van der Waals surface area contributed by atoms with Crippen molar-refractivity contribution in [2.45, 2.75) is 31.7 Å². The largest absolute Gasteiger partial charge is 0.481 e. The molecule has 0 saturated carbocycles. The van der Waals surface area contributed by atoms with Gasteiger partial charge < -0.3 is 15.3 Å². The van der Waals surface area contributed by atoms with E-state index in [1.54, 1.807) is 11.1 Å². The SMILES string of the molecule is O=C(O)CCNC(=O)N1CCCCC1c1ccn[nH]1. The van der Waals surface area contributed by atoms with E-state index in [1.165, 1.54) is 0 Å². The second kappa shape index (κ2) is 6.21. The zero-order valence-electron chi connectivity index (χ0n) is 10.6. The van der Waals surface area contributed by atoms with Gasteiger partial charge in [-0.05, 0) is 25.3 Å². The minimum Gasteiger partial charge on any atom is -0.481 e. The molecule has 1 fully saturated rings. The van der Waals surface area contributed by atoms with Gasteiger partial charge in [-0.15, -0.1) is 0 Å². The number of nitrogens with zero attached hydrogens (tertiary/aromatic N) is 2. The summed E-state index contributed by atoms with van der Waals surface area (Å²) in [5.41, 5.74) is 0.924. The lowest BCUT2D eigenvalue weighted by atomic mass is 10.00. The second-order valence-corrected chi connectivity index (χ2v) is 4.59. The minimum atomic E-state index is -0.913. The maximum absolute atomic E-state index is 12.1. The molecule has 1 aromatic rings. The van der Waals surface area contributed by atoms with Gasteiger partial charge in [-0.25, -0.2) is 4.79 Å². The summed E-state index contributed by atoms with van der Waals surface area (Å²) in [7, 11) is 0. The molecule has 0 radical (unpaired) electrons. The van der Waals surface area contributed by atoms with E-state index in [9.17, 15) is 9.59 Å². The molecule has 1 saturated heterocycles. The molecule has 104 valence electrons. The number of hydrogen-bond acceptors (Lipinski definition) is 3. The number of piperidine rings is 1. The maximum atomic E-state index is 12.1. The summed E-state index contributed by atoms with van der Waals surface area (Å²) in [6.45, 7) is 0.836. The summed E-state index contributed by atoms with van der Waals surface area (Å²) in [5, 5.41) is 18.0. The molecule has 2 rings (SSSR count). The van der Waals surface area contributed by atoms with Gasteiger partial charge in [0.2, 0.25) is 0 Å². The molecule has 2 heterocycles. The van der Waals surface area contributed by atoms with Crippen molar-refractivity contribution in [2.24, 2.45) is 0 Å². The fraction of sp³-hybridized carbons (Fsp3) is 0.583. The van der Waals surface area contributed by atoms with Crippen molar-refractivity contribution in [3.8, 4) is 0 Å². The Balaban J connectivity index is 1.95. The van der Waals surface area contributed by atoms with Crippen molar-refractivity contribution in [1.29, 1.82) is 0 Å². The zero-order valence-corrected chi connectivity index (χ0v) is 10.6. The van der Waals surface area contributed by atoms with Gasteiger partial charge in [-0.1, -0.05) is 0 Å². The lowest BCUT2D eigenvalue weighted by molar-refractivity contribution is -0.136. The van der Waals surface area contributed by atoms with E-state index in [0.29, 0.717) is 6.54 Å². The van der Waals surface area contributed by atoms with E-state index >= 15 is 0 Å². The van der Waals surface area contributed by atoms with Crippen LogP contribution in [0.25, 0.3) is 0 Å². The van der Waals surface area contributed by atoms with Gasteiger partial charge in [-0.2, -0.15) is 5.10 Å². The van der Waals surface area contributed by atoms with Gasteiger partial charge in [-0.3, -0.25) is 9.89 Å². The summed E-state index contributed by atoms with van der Waals surface area (Å²) in [5.74, 6) is -0.913. The Hall–Kier alpha value is -2.05. The average molecular weight is 266 g/mol. The number of carbonyl (C=O) groups is 2. The molecule has 0 spiro atoms. The van der Waals surface area contributed by atoms with Gasteiger partial charge in [0, 0.05) is 19.3 Å². The van der Waals surface area contributed by atoms with Crippen molar-refractivity contribution >= 4 is 12.0 Å².